The minimum Gasteiger partial charge on any atom is -0.472 e. The number of H-pyrrole nitrogens is 1. The third-order valence-electron chi connectivity index (χ3n) is 2.28. The monoisotopic (exact) mass is 200 g/mol. The first-order chi connectivity index (χ1) is 7.43. The van der Waals surface area contributed by atoms with Crippen LogP contribution in [0.4, 0.5) is 0 Å². The summed E-state index contributed by atoms with van der Waals surface area (Å²) >= 11 is 0. The van der Waals surface area contributed by atoms with Gasteiger partial charge in [-0.3, -0.25) is 5.10 Å². The third kappa shape index (κ3) is 1.38. The molecule has 0 saturated heterocycles. The predicted molar refractivity (Wildman–Crippen MR) is 53.2 cm³/mol. The molecule has 0 aromatic carbocycles. The van der Waals surface area contributed by atoms with Crippen LogP contribution in [0.15, 0.2) is 35.4 Å². The van der Waals surface area contributed by atoms with Gasteiger partial charge in [0.1, 0.15) is 0 Å². The standard InChI is InChI=1S/C10H8N4O/c1-2-15-6-7(1)3-9-10-8(4-11-13-9)5-12-14-10/h1-2,4-6H,3H2,(H,12,14). The van der Waals surface area contributed by atoms with Crippen LogP contribution in [-0.2, 0) is 6.42 Å². The van der Waals surface area contributed by atoms with Crippen molar-refractivity contribution in [2.45, 2.75) is 6.42 Å². The largest absolute Gasteiger partial charge is 0.472 e. The fourth-order valence-electron chi connectivity index (χ4n) is 1.55. The molecule has 3 rings (SSSR count). The number of hydrogen-bond acceptors (Lipinski definition) is 4. The Morgan fingerprint density at radius 2 is 2.33 bits per heavy atom. The van der Waals surface area contributed by atoms with Gasteiger partial charge >= 0.3 is 0 Å². The van der Waals surface area contributed by atoms with E-state index < -0.39 is 0 Å². The quantitative estimate of drug-likeness (QED) is 0.681. The van der Waals surface area contributed by atoms with Crippen molar-refractivity contribution in [3.8, 4) is 0 Å². The first-order valence-corrected chi connectivity index (χ1v) is 4.58. The fraction of sp³-hybridized carbons (Fsp3) is 0.100. The van der Waals surface area contributed by atoms with Crippen LogP contribution in [0, 0.1) is 0 Å². The molecule has 0 fully saturated rings. The fourth-order valence-corrected chi connectivity index (χ4v) is 1.55. The van der Waals surface area contributed by atoms with Crippen molar-refractivity contribution in [3.05, 3.63) is 42.2 Å². The van der Waals surface area contributed by atoms with Crippen LogP contribution < -0.4 is 0 Å². The number of aromatic nitrogens is 4. The molecule has 0 spiro atoms. The topological polar surface area (TPSA) is 67.6 Å². The summed E-state index contributed by atoms with van der Waals surface area (Å²) in [5.74, 6) is 0. The minimum absolute atomic E-state index is 0.697. The number of hydrogen-bond donors (Lipinski definition) is 1. The molecule has 0 aliphatic rings. The first-order valence-electron chi connectivity index (χ1n) is 4.58. The van der Waals surface area contributed by atoms with E-state index >= 15 is 0 Å². The number of nitrogens with one attached hydrogen (secondary N) is 1. The summed E-state index contributed by atoms with van der Waals surface area (Å²) in [5.41, 5.74) is 2.89. The Hall–Kier alpha value is -2.17. The highest BCUT2D eigenvalue weighted by atomic mass is 16.3. The van der Waals surface area contributed by atoms with E-state index in [1.807, 2.05) is 6.07 Å². The van der Waals surface area contributed by atoms with Gasteiger partial charge in [-0.2, -0.15) is 15.3 Å². The van der Waals surface area contributed by atoms with Crippen LogP contribution >= 0.6 is 0 Å². The van der Waals surface area contributed by atoms with Crippen molar-refractivity contribution in [1.29, 1.82) is 0 Å². The Morgan fingerprint density at radius 1 is 1.33 bits per heavy atom. The lowest BCUT2D eigenvalue weighted by molar-refractivity contribution is 0.564. The number of fused-ring (bicyclic) bond motifs is 1. The van der Waals surface area contributed by atoms with E-state index in [2.05, 4.69) is 20.4 Å². The zero-order valence-corrected chi connectivity index (χ0v) is 7.84. The molecule has 3 heterocycles. The zero-order valence-electron chi connectivity index (χ0n) is 7.84. The SMILES string of the molecule is c1cc(Cc2nncc3cn[nH]c23)co1. The molecule has 0 saturated carbocycles. The second-order valence-electron chi connectivity index (χ2n) is 3.30. The van der Waals surface area contributed by atoms with Crippen LogP contribution in [0.5, 0.6) is 0 Å². The molecule has 0 amide bonds. The number of nitrogens with zero attached hydrogens (tertiary/aromatic N) is 3. The maximum atomic E-state index is 5.01. The molecule has 0 aliphatic heterocycles. The summed E-state index contributed by atoms with van der Waals surface area (Å²) in [7, 11) is 0. The van der Waals surface area contributed by atoms with Gasteiger partial charge in [0.15, 0.2) is 0 Å². The zero-order chi connectivity index (χ0) is 10.1. The molecule has 0 aliphatic carbocycles. The van der Waals surface area contributed by atoms with Gasteiger partial charge < -0.3 is 4.42 Å². The first kappa shape index (κ1) is 8.16. The molecule has 15 heavy (non-hydrogen) atoms. The Bertz CT molecular complexity index is 570. The van der Waals surface area contributed by atoms with Crippen LogP contribution in [0.1, 0.15) is 11.3 Å². The predicted octanol–water partition coefficient (Wildman–Crippen LogP) is 1.54. The second kappa shape index (κ2) is 3.20. The summed E-state index contributed by atoms with van der Waals surface area (Å²) in [6.45, 7) is 0. The van der Waals surface area contributed by atoms with Crippen molar-refractivity contribution in [3.63, 3.8) is 0 Å². The summed E-state index contributed by atoms with van der Waals surface area (Å²) in [6.07, 6.45) is 7.48. The molecular formula is C10H8N4O. The van der Waals surface area contributed by atoms with E-state index in [9.17, 15) is 0 Å². The Kier molecular flexibility index (Phi) is 1.74. The highest BCUT2D eigenvalue weighted by molar-refractivity contribution is 5.78. The average molecular weight is 200 g/mol. The van der Waals surface area contributed by atoms with E-state index in [1.54, 1.807) is 24.9 Å². The van der Waals surface area contributed by atoms with Crippen molar-refractivity contribution in [2.75, 3.05) is 0 Å². The molecule has 5 nitrogen and oxygen atoms in total. The molecule has 0 radical (unpaired) electrons. The molecule has 1 N–H and O–H groups in total. The normalized spacial score (nSPS) is 10.9. The number of aromatic amines is 1. The highest BCUT2D eigenvalue weighted by Crippen LogP contribution is 2.15. The maximum Gasteiger partial charge on any atom is 0.0938 e. The van der Waals surface area contributed by atoms with Gasteiger partial charge in [-0.25, -0.2) is 0 Å². The van der Waals surface area contributed by atoms with Gasteiger partial charge in [-0.15, -0.1) is 0 Å². The maximum absolute atomic E-state index is 5.01. The molecule has 3 aromatic heterocycles. The van der Waals surface area contributed by atoms with Crippen molar-refractivity contribution in [1.82, 2.24) is 20.4 Å². The minimum atomic E-state index is 0.697. The van der Waals surface area contributed by atoms with Gasteiger partial charge in [0, 0.05) is 11.8 Å². The molecule has 3 aromatic rings. The van der Waals surface area contributed by atoms with Crippen LogP contribution in [-0.4, -0.2) is 20.4 Å². The van der Waals surface area contributed by atoms with Gasteiger partial charge in [-0.05, 0) is 11.6 Å². The lowest BCUT2D eigenvalue weighted by Crippen LogP contribution is -1.94. The van der Waals surface area contributed by atoms with Gasteiger partial charge in [0.05, 0.1) is 36.1 Å². The third-order valence-corrected chi connectivity index (χ3v) is 2.28. The average Bonchev–Trinajstić information content (AvgIpc) is 2.87. The Balaban J connectivity index is 2.07. The van der Waals surface area contributed by atoms with E-state index in [4.69, 9.17) is 4.42 Å². The van der Waals surface area contributed by atoms with E-state index in [0.717, 1.165) is 22.2 Å². The van der Waals surface area contributed by atoms with E-state index in [1.165, 1.54) is 0 Å². The lowest BCUT2D eigenvalue weighted by atomic mass is 10.1. The Labute approximate surface area is 85.1 Å². The molecule has 74 valence electrons. The summed E-state index contributed by atoms with van der Waals surface area (Å²) in [6, 6.07) is 1.91. The van der Waals surface area contributed by atoms with Crippen LogP contribution in [0.2, 0.25) is 0 Å². The summed E-state index contributed by atoms with van der Waals surface area (Å²) in [4.78, 5) is 0. The van der Waals surface area contributed by atoms with Crippen molar-refractivity contribution in [2.24, 2.45) is 0 Å². The van der Waals surface area contributed by atoms with Crippen molar-refractivity contribution >= 4 is 10.9 Å². The summed E-state index contributed by atoms with van der Waals surface area (Å²) < 4.78 is 5.01. The van der Waals surface area contributed by atoms with Crippen LogP contribution in [0.3, 0.4) is 0 Å². The lowest BCUT2D eigenvalue weighted by Gasteiger charge is -1.97. The number of furan rings is 1. The Morgan fingerprint density at radius 3 is 3.20 bits per heavy atom. The molecule has 0 atom stereocenters. The van der Waals surface area contributed by atoms with E-state index in [0.29, 0.717) is 6.42 Å². The highest BCUT2D eigenvalue weighted by Gasteiger charge is 2.06. The number of rotatable bonds is 2. The van der Waals surface area contributed by atoms with E-state index in [-0.39, 0.29) is 0 Å². The van der Waals surface area contributed by atoms with Crippen LogP contribution in [0.25, 0.3) is 10.9 Å². The van der Waals surface area contributed by atoms with Crippen molar-refractivity contribution < 1.29 is 4.42 Å². The van der Waals surface area contributed by atoms with Gasteiger partial charge in [0.2, 0.25) is 0 Å². The molecule has 5 heteroatoms. The summed E-state index contributed by atoms with van der Waals surface area (Å²) in [5, 5.41) is 15.9. The van der Waals surface area contributed by atoms with Gasteiger partial charge in [-0.1, -0.05) is 0 Å². The van der Waals surface area contributed by atoms with Gasteiger partial charge in [0.25, 0.3) is 0 Å². The molecular weight excluding hydrogens is 192 g/mol. The molecule has 0 unspecified atom stereocenters. The molecule has 0 bridgehead atoms. The smallest absolute Gasteiger partial charge is 0.0938 e. The second-order valence-corrected chi connectivity index (χ2v) is 3.30.